The number of rotatable bonds is 5. The van der Waals surface area contributed by atoms with Gasteiger partial charge in [-0.3, -0.25) is 0 Å². The molecule has 0 saturated carbocycles. The zero-order chi connectivity index (χ0) is 13.8. The SMILES string of the molecule is Cc1nnc(SCc2ccc(Cl)c(Cl)c2)n1CCN. The number of hydrogen-bond donors (Lipinski definition) is 1. The van der Waals surface area contributed by atoms with E-state index in [4.69, 9.17) is 28.9 Å². The minimum Gasteiger partial charge on any atom is -0.329 e. The average molecular weight is 317 g/mol. The zero-order valence-electron chi connectivity index (χ0n) is 10.4. The van der Waals surface area contributed by atoms with Crippen molar-refractivity contribution in [2.75, 3.05) is 6.54 Å². The van der Waals surface area contributed by atoms with Crippen molar-refractivity contribution in [1.82, 2.24) is 14.8 Å². The van der Waals surface area contributed by atoms with Gasteiger partial charge in [0.2, 0.25) is 0 Å². The lowest BCUT2D eigenvalue weighted by Gasteiger charge is -2.07. The van der Waals surface area contributed by atoms with Crippen LogP contribution in [0.5, 0.6) is 0 Å². The number of thioether (sulfide) groups is 1. The lowest BCUT2D eigenvalue weighted by molar-refractivity contribution is 0.627. The molecule has 0 atom stereocenters. The third kappa shape index (κ3) is 3.63. The zero-order valence-corrected chi connectivity index (χ0v) is 12.8. The van der Waals surface area contributed by atoms with E-state index in [0.717, 1.165) is 28.8 Å². The molecule has 0 unspecified atom stereocenters. The summed E-state index contributed by atoms with van der Waals surface area (Å²) in [6.45, 7) is 3.22. The van der Waals surface area contributed by atoms with Crippen molar-refractivity contribution in [3.63, 3.8) is 0 Å². The lowest BCUT2D eigenvalue weighted by Crippen LogP contribution is -2.12. The highest BCUT2D eigenvalue weighted by Gasteiger charge is 2.09. The Kier molecular flexibility index (Phi) is 5.10. The number of halogens is 2. The average Bonchev–Trinajstić information content (AvgIpc) is 2.73. The molecule has 2 rings (SSSR count). The van der Waals surface area contributed by atoms with E-state index in [1.807, 2.05) is 23.6 Å². The first-order valence-electron chi connectivity index (χ1n) is 5.78. The predicted octanol–water partition coefficient (Wildman–Crippen LogP) is 3.14. The van der Waals surface area contributed by atoms with Gasteiger partial charge in [0, 0.05) is 18.8 Å². The molecule has 0 aliphatic carbocycles. The summed E-state index contributed by atoms with van der Waals surface area (Å²) >= 11 is 13.5. The predicted molar refractivity (Wildman–Crippen MR) is 79.8 cm³/mol. The highest BCUT2D eigenvalue weighted by Crippen LogP contribution is 2.27. The summed E-state index contributed by atoms with van der Waals surface area (Å²) in [6, 6.07) is 5.63. The van der Waals surface area contributed by atoms with Crippen LogP contribution in [0.2, 0.25) is 10.0 Å². The van der Waals surface area contributed by atoms with Gasteiger partial charge in [0.05, 0.1) is 10.0 Å². The van der Waals surface area contributed by atoms with Gasteiger partial charge < -0.3 is 10.3 Å². The largest absolute Gasteiger partial charge is 0.329 e. The number of aromatic nitrogens is 3. The normalized spacial score (nSPS) is 10.9. The second kappa shape index (κ2) is 6.61. The summed E-state index contributed by atoms with van der Waals surface area (Å²) in [4.78, 5) is 0. The van der Waals surface area contributed by atoms with Crippen molar-refractivity contribution in [2.45, 2.75) is 24.4 Å². The molecule has 2 aromatic rings. The lowest BCUT2D eigenvalue weighted by atomic mass is 10.2. The van der Waals surface area contributed by atoms with Crippen molar-refractivity contribution in [2.24, 2.45) is 5.73 Å². The molecule has 0 radical (unpaired) electrons. The fraction of sp³-hybridized carbons (Fsp3) is 0.333. The highest BCUT2D eigenvalue weighted by atomic mass is 35.5. The Morgan fingerprint density at radius 3 is 2.74 bits per heavy atom. The van der Waals surface area contributed by atoms with Crippen LogP contribution >= 0.6 is 35.0 Å². The maximum absolute atomic E-state index is 5.99. The summed E-state index contributed by atoms with van der Waals surface area (Å²) in [5.41, 5.74) is 6.68. The highest BCUT2D eigenvalue weighted by molar-refractivity contribution is 7.98. The molecule has 7 heteroatoms. The summed E-state index contributed by atoms with van der Waals surface area (Å²) in [5, 5.41) is 10.2. The Morgan fingerprint density at radius 1 is 1.26 bits per heavy atom. The molecule has 102 valence electrons. The number of benzene rings is 1. The van der Waals surface area contributed by atoms with Crippen LogP contribution in [0.4, 0.5) is 0 Å². The van der Waals surface area contributed by atoms with E-state index in [2.05, 4.69) is 10.2 Å². The summed E-state index contributed by atoms with van der Waals surface area (Å²) < 4.78 is 2.02. The molecule has 2 N–H and O–H groups in total. The molecule has 0 amide bonds. The van der Waals surface area contributed by atoms with Crippen molar-refractivity contribution in [1.29, 1.82) is 0 Å². The first kappa shape index (κ1) is 14.7. The standard InChI is InChI=1S/C12H14Cl2N4S/c1-8-16-17-12(18(8)5-4-15)19-7-9-2-3-10(13)11(14)6-9/h2-3,6H,4-5,7,15H2,1H3. The fourth-order valence-corrected chi connectivity index (χ4v) is 2.91. The van der Waals surface area contributed by atoms with Crippen LogP contribution in [-0.4, -0.2) is 21.3 Å². The molecule has 1 heterocycles. The van der Waals surface area contributed by atoms with Gasteiger partial charge in [-0.05, 0) is 24.6 Å². The monoisotopic (exact) mass is 316 g/mol. The molecule has 0 saturated heterocycles. The van der Waals surface area contributed by atoms with E-state index in [0.29, 0.717) is 16.6 Å². The smallest absolute Gasteiger partial charge is 0.191 e. The number of aryl methyl sites for hydroxylation is 1. The second-order valence-electron chi connectivity index (χ2n) is 4.01. The Balaban J connectivity index is 2.07. The van der Waals surface area contributed by atoms with Crippen LogP contribution in [0.3, 0.4) is 0 Å². The van der Waals surface area contributed by atoms with Gasteiger partial charge in [-0.25, -0.2) is 0 Å². The van der Waals surface area contributed by atoms with E-state index in [-0.39, 0.29) is 0 Å². The maximum Gasteiger partial charge on any atom is 0.191 e. The summed E-state index contributed by atoms with van der Waals surface area (Å²) in [7, 11) is 0. The molecule has 0 fully saturated rings. The van der Waals surface area contributed by atoms with E-state index in [9.17, 15) is 0 Å². The quantitative estimate of drug-likeness (QED) is 0.861. The Bertz CT molecular complexity index is 571. The van der Waals surface area contributed by atoms with Gasteiger partial charge in [-0.1, -0.05) is 41.0 Å². The molecule has 19 heavy (non-hydrogen) atoms. The Morgan fingerprint density at radius 2 is 2.05 bits per heavy atom. The van der Waals surface area contributed by atoms with Crippen LogP contribution in [0.25, 0.3) is 0 Å². The van der Waals surface area contributed by atoms with Crippen LogP contribution in [0.15, 0.2) is 23.4 Å². The Labute approximate surface area is 126 Å². The van der Waals surface area contributed by atoms with Gasteiger partial charge in [0.1, 0.15) is 5.82 Å². The number of nitrogens with two attached hydrogens (primary N) is 1. The molecule has 1 aromatic heterocycles. The van der Waals surface area contributed by atoms with E-state index in [1.165, 1.54) is 0 Å². The fourth-order valence-electron chi connectivity index (χ4n) is 1.63. The van der Waals surface area contributed by atoms with Gasteiger partial charge in [-0.15, -0.1) is 10.2 Å². The molecular weight excluding hydrogens is 303 g/mol. The van der Waals surface area contributed by atoms with Gasteiger partial charge in [-0.2, -0.15) is 0 Å². The van der Waals surface area contributed by atoms with Crippen LogP contribution in [0.1, 0.15) is 11.4 Å². The first-order chi connectivity index (χ1) is 9.11. The maximum atomic E-state index is 5.99. The van der Waals surface area contributed by atoms with Gasteiger partial charge in [0.25, 0.3) is 0 Å². The van der Waals surface area contributed by atoms with Crippen molar-refractivity contribution in [3.05, 3.63) is 39.6 Å². The van der Waals surface area contributed by atoms with Crippen molar-refractivity contribution >= 4 is 35.0 Å². The molecule has 0 bridgehead atoms. The van der Waals surface area contributed by atoms with E-state index >= 15 is 0 Å². The third-order valence-electron chi connectivity index (χ3n) is 2.61. The Hall–Kier alpha value is -0.750. The molecule has 0 spiro atoms. The molecular formula is C12H14Cl2N4S. The third-order valence-corrected chi connectivity index (χ3v) is 4.38. The number of nitrogens with zero attached hydrogens (tertiary/aromatic N) is 3. The molecule has 1 aromatic carbocycles. The van der Waals surface area contributed by atoms with E-state index < -0.39 is 0 Å². The second-order valence-corrected chi connectivity index (χ2v) is 5.76. The summed E-state index contributed by atoms with van der Waals surface area (Å²) in [5.74, 6) is 1.64. The minimum atomic E-state index is 0.567. The van der Waals surface area contributed by atoms with Crippen molar-refractivity contribution in [3.8, 4) is 0 Å². The van der Waals surface area contributed by atoms with Crippen molar-refractivity contribution < 1.29 is 0 Å². The minimum absolute atomic E-state index is 0.567. The molecule has 0 aliphatic heterocycles. The van der Waals surface area contributed by atoms with E-state index in [1.54, 1.807) is 17.8 Å². The first-order valence-corrected chi connectivity index (χ1v) is 7.52. The number of hydrogen-bond acceptors (Lipinski definition) is 4. The molecule has 0 aliphatic rings. The van der Waals surface area contributed by atoms with Gasteiger partial charge >= 0.3 is 0 Å². The van der Waals surface area contributed by atoms with Crippen LogP contribution in [0, 0.1) is 6.92 Å². The summed E-state index contributed by atoms with van der Waals surface area (Å²) in [6.07, 6.45) is 0. The van der Waals surface area contributed by atoms with Crippen LogP contribution in [-0.2, 0) is 12.3 Å². The van der Waals surface area contributed by atoms with Gasteiger partial charge in [0.15, 0.2) is 5.16 Å². The molecule has 4 nitrogen and oxygen atoms in total. The van der Waals surface area contributed by atoms with Crippen LogP contribution < -0.4 is 5.73 Å². The topological polar surface area (TPSA) is 56.7 Å².